The predicted octanol–water partition coefficient (Wildman–Crippen LogP) is 3.47. The van der Waals surface area contributed by atoms with Crippen molar-refractivity contribution in [1.29, 1.82) is 0 Å². The summed E-state index contributed by atoms with van der Waals surface area (Å²) in [7, 11) is 1.24. The number of ether oxygens (including phenoxy) is 2. The monoisotopic (exact) mass is 513 g/mol. The van der Waals surface area contributed by atoms with Gasteiger partial charge in [0, 0.05) is 5.69 Å². The first-order valence-electron chi connectivity index (χ1n) is 11.4. The third kappa shape index (κ3) is 5.93. The Balaban J connectivity index is 1.48. The molecule has 5 amide bonds. The van der Waals surface area contributed by atoms with Crippen LogP contribution < -0.4 is 20.3 Å². The molecule has 1 heterocycles. The highest BCUT2D eigenvalue weighted by Crippen LogP contribution is 2.24. The van der Waals surface area contributed by atoms with Gasteiger partial charge in [-0.15, -0.1) is 0 Å². The Bertz CT molecular complexity index is 1440. The van der Waals surface area contributed by atoms with Crippen LogP contribution >= 0.6 is 0 Å². The molecule has 2 N–H and O–H groups in total. The van der Waals surface area contributed by atoms with Crippen LogP contribution in [0.1, 0.15) is 21.5 Å². The van der Waals surface area contributed by atoms with Crippen molar-refractivity contribution in [1.82, 2.24) is 5.32 Å². The van der Waals surface area contributed by atoms with E-state index in [1.54, 1.807) is 36.4 Å². The molecule has 0 aromatic heterocycles. The number of nitrogens with zero attached hydrogens (tertiary/aromatic N) is 1. The highest BCUT2D eigenvalue weighted by Gasteiger charge is 2.36. The van der Waals surface area contributed by atoms with E-state index in [4.69, 9.17) is 4.74 Å². The molecule has 0 spiro atoms. The molecule has 192 valence electrons. The van der Waals surface area contributed by atoms with Gasteiger partial charge in [-0.25, -0.2) is 14.5 Å². The van der Waals surface area contributed by atoms with Gasteiger partial charge >= 0.3 is 12.0 Å². The Morgan fingerprint density at radius 1 is 0.974 bits per heavy atom. The van der Waals surface area contributed by atoms with Gasteiger partial charge in [-0.05, 0) is 67.1 Å². The molecule has 1 aliphatic heterocycles. The molecular weight excluding hydrogens is 490 g/mol. The fourth-order valence-corrected chi connectivity index (χ4v) is 3.60. The minimum absolute atomic E-state index is 0.162. The number of methoxy groups -OCH3 is 1. The summed E-state index contributed by atoms with van der Waals surface area (Å²) in [5.74, 6) is -2.28. The van der Waals surface area contributed by atoms with Gasteiger partial charge in [-0.3, -0.25) is 19.7 Å². The highest BCUT2D eigenvalue weighted by atomic mass is 16.5. The number of carbonyl (C=O) groups is 5. The molecule has 3 aromatic carbocycles. The molecule has 38 heavy (non-hydrogen) atoms. The molecule has 0 aliphatic carbocycles. The Morgan fingerprint density at radius 2 is 1.68 bits per heavy atom. The summed E-state index contributed by atoms with van der Waals surface area (Å²) in [6.45, 7) is 1.69. The first-order valence-corrected chi connectivity index (χ1v) is 11.4. The molecule has 3 aromatic rings. The van der Waals surface area contributed by atoms with E-state index in [0.717, 1.165) is 10.5 Å². The number of anilines is 2. The number of hydrogen-bond acceptors (Lipinski definition) is 7. The van der Waals surface area contributed by atoms with Crippen LogP contribution in [0.2, 0.25) is 0 Å². The number of carbonyl (C=O) groups excluding carboxylic acids is 5. The second-order valence-corrected chi connectivity index (χ2v) is 8.27. The maximum absolute atomic E-state index is 13.1. The fraction of sp³-hybridized carbons (Fsp3) is 0.107. The van der Waals surface area contributed by atoms with Crippen LogP contribution in [0.5, 0.6) is 5.75 Å². The van der Waals surface area contributed by atoms with Crippen LogP contribution in [0.15, 0.2) is 78.4 Å². The largest absolute Gasteiger partial charge is 0.484 e. The first kappa shape index (κ1) is 25.8. The molecule has 0 unspecified atom stereocenters. The van der Waals surface area contributed by atoms with Crippen molar-refractivity contribution in [2.45, 2.75) is 6.92 Å². The van der Waals surface area contributed by atoms with Crippen LogP contribution in [-0.2, 0) is 19.1 Å². The molecular formula is C28H23N3O7. The van der Waals surface area contributed by atoms with Crippen LogP contribution in [0.3, 0.4) is 0 Å². The third-order valence-corrected chi connectivity index (χ3v) is 5.52. The molecule has 0 bridgehead atoms. The quantitative estimate of drug-likeness (QED) is 0.281. The number of hydrogen-bond donors (Lipinski definition) is 2. The van der Waals surface area contributed by atoms with Crippen LogP contribution in [0, 0.1) is 6.92 Å². The van der Waals surface area contributed by atoms with Crippen molar-refractivity contribution in [3.8, 4) is 5.75 Å². The van der Waals surface area contributed by atoms with Gasteiger partial charge in [0.15, 0.2) is 6.61 Å². The van der Waals surface area contributed by atoms with E-state index in [-0.39, 0.29) is 29.3 Å². The normalized spacial score (nSPS) is 14.2. The third-order valence-electron chi connectivity index (χ3n) is 5.52. The average Bonchev–Trinajstić information content (AvgIpc) is 2.91. The van der Waals surface area contributed by atoms with E-state index in [2.05, 4.69) is 15.4 Å². The zero-order valence-corrected chi connectivity index (χ0v) is 20.5. The van der Waals surface area contributed by atoms with Gasteiger partial charge in [-0.2, -0.15) is 0 Å². The van der Waals surface area contributed by atoms with Gasteiger partial charge < -0.3 is 14.8 Å². The van der Waals surface area contributed by atoms with Crippen molar-refractivity contribution >= 4 is 47.2 Å². The predicted molar refractivity (Wildman–Crippen MR) is 139 cm³/mol. The van der Waals surface area contributed by atoms with Crippen LogP contribution in [-0.4, -0.2) is 43.4 Å². The van der Waals surface area contributed by atoms with E-state index >= 15 is 0 Å². The van der Waals surface area contributed by atoms with Crippen molar-refractivity contribution < 1.29 is 33.4 Å². The minimum atomic E-state index is -0.917. The Labute approximate surface area is 217 Å². The number of urea groups is 1. The summed E-state index contributed by atoms with van der Waals surface area (Å²) < 4.78 is 10.2. The molecule has 1 fully saturated rings. The number of esters is 1. The highest BCUT2D eigenvalue weighted by molar-refractivity contribution is 6.39. The number of barbiturate groups is 1. The van der Waals surface area contributed by atoms with E-state index < -0.39 is 23.8 Å². The second kappa shape index (κ2) is 11.2. The number of imide groups is 2. The lowest BCUT2D eigenvalue weighted by Gasteiger charge is -2.26. The van der Waals surface area contributed by atoms with E-state index in [1.165, 1.54) is 37.5 Å². The van der Waals surface area contributed by atoms with Crippen molar-refractivity contribution in [3.63, 3.8) is 0 Å². The van der Waals surface area contributed by atoms with Crippen molar-refractivity contribution in [3.05, 3.63) is 95.1 Å². The molecule has 1 saturated heterocycles. The number of benzene rings is 3. The maximum atomic E-state index is 13.1. The number of amides is 5. The Kier molecular flexibility index (Phi) is 7.62. The molecule has 0 radical (unpaired) electrons. The summed E-state index contributed by atoms with van der Waals surface area (Å²) in [4.78, 5) is 62.7. The summed E-state index contributed by atoms with van der Waals surface area (Å²) in [6, 6.07) is 18.5. The SMILES string of the molecule is COC(=O)c1ccc(N2C(=O)NC(=O)/C(=C/c3cccc(OCC(=O)Nc4ccc(C)cc4)c3)C2=O)cc1. The van der Waals surface area contributed by atoms with Gasteiger partial charge in [0.05, 0.1) is 18.4 Å². The first-order chi connectivity index (χ1) is 18.2. The fourth-order valence-electron chi connectivity index (χ4n) is 3.60. The van der Waals surface area contributed by atoms with E-state index in [9.17, 15) is 24.0 Å². The molecule has 4 rings (SSSR count). The number of nitrogens with one attached hydrogen (secondary N) is 2. The van der Waals surface area contributed by atoms with E-state index in [1.807, 2.05) is 19.1 Å². The van der Waals surface area contributed by atoms with E-state index in [0.29, 0.717) is 17.0 Å². The van der Waals surface area contributed by atoms with Gasteiger partial charge in [0.2, 0.25) is 0 Å². The van der Waals surface area contributed by atoms with Crippen molar-refractivity contribution in [2.75, 3.05) is 23.9 Å². The molecule has 1 aliphatic rings. The number of aryl methyl sites for hydroxylation is 1. The number of rotatable bonds is 7. The minimum Gasteiger partial charge on any atom is -0.484 e. The molecule has 0 atom stereocenters. The smallest absolute Gasteiger partial charge is 0.337 e. The van der Waals surface area contributed by atoms with Gasteiger partial charge in [0.1, 0.15) is 11.3 Å². The maximum Gasteiger partial charge on any atom is 0.337 e. The standard InChI is InChI=1S/C28H23N3O7/c1-17-6-10-20(11-7-17)29-24(32)16-38-22-5-3-4-18(14-22)15-23-25(33)30-28(36)31(26(23)34)21-12-8-19(9-13-21)27(35)37-2/h3-15H,16H2,1-2H3,(H,29,32)(H,30,33,36)/b23-15-. The topological polar surface area (TPSA) is 131 Å². The summed E-state index contributed by atoms with van der Waals surface area (Å²) >= 11 is 0. The molecule has 0 saturated carbocycles. The van der Waals surface area contributed by atoms with Gasteiger partial charge in [-0.1, -0.05) is 29.8 Å². The average molecular weight is 514 g/mol. The summed E-state index contributed by atoms with van der Waals surface area (Å²) in [6.07, 6.45) is 1.32. The lowest BCUT2D eigenvalue weighted by molar-refractivity contribution is -0.122. The summed E-state index contributed by atoms with van der Waals surface area (Å²) in [5, 5.41) is 4.87. The van der Waals surface area contributed by atoms with Crippen LogP contribution in [0.25, 0.3) is 6.08 Å². The molecule has 10 heteroatoms. The van der Waals surface area contributed by atoms with Crippen molar-refractivity contribution in [2.24, 2.45) is 0 Å². The summed E-state index contributed by atoms with van der Waals surface area (Å²) in [5.41, 5.74) is 2.27. The zero-order valence-electron chi connectivity index (χ0n) is 20.5. The Hall–Kier alpha value is -5.25. The van der Waals surface area contributed by atoms with Crippen LogP contribution in [0.4, 0.5) is 16.2 Å². The molecule has 10 nitrogen and oxygen atoms in total. The second-order valence-electron chi connectivity index (χ2n) is 8.27. The van der Waals surface area contributed by atoms with Gasteiger partial charge in [0.25, 0.3) is 17.7 Å². The lowest BCUT2D eigenvalue weighted by atomic mass is 10.1. The Morgan fingerprint density at radius 3 is 2.37 bits per heavy atom. The zero-order chi connectivity index (χ0) is 27.2. The lowest BCUT2D eigenvalue weighted by Crippen LogP contribution is -2.54.